The van der Waals surface area contributed by atoms with Crippen molar-refractivity contribution in [2.24, 2.45) is 0 Å². The minimum absolute atomic E-state index is 0.0469. The van der Waals surface area contributed by atoms with E-state index in [1.807, 2.05) is 20.8 Å². The fraction of sp³-hybridized carbons (Fsp3) is 0.611. The Hall–Kier alpha value is -1.77. The molecule has 0 amide bonds. The minimum atomic E-state index is -0.405. The lowest BCUT2D eigenvalue weighted by atomic mass is 10.1. The largest absolute Gasteiger partial charge is 0.462 e. The maximum atomic E-state index is 12.6. The maximum absolute atomic E-state index is 12.6. The highest BCUT2D eigenvalue weighted by Gasteiger charge is 2.28. The van der Waals surface area contributed by atoms with E-state index in [9.17, 15) is 9.59 Å². The molecule has 2 aromatic heterocycles. The molecule has 3 rings (SSSR count). The Kier molecular flexibility index (Phi) is 5.45. The second-order valence-corrected chi connectivity index (χ2v) is 7.79. The molecule has 3 atom stereocenters. The summed E-state index contributed by atoms with van der Waals surface area (Å²) in [6.07, 6.45) is 0.270. The van der Waals surface area contributed by atoms with Gasteiger partial charge in [-0.1, -0.05) is 0 Å². The minimum Gasteiger partial charge on any atom is -0.462 e. The second-order valence-electron chi connectivity index (χ2n) is 6.80. The average Bonchev–Trinajstić information content (AvgIpc) is 2.90. The highest BCUT2D eigenvalue weighted by molar-refractivity contribution is 7.20. The first-order valence-corrected chi connectivity index (χ1v) is 9.73. The van der Waals surface area contributed by atoms with Crippen LogP contribution in [0.1, 0.15) is 54.8 Å². The van der Waals surface area contributed by atoms with Crippen molar-refractivity contribution in [2.45, 2.75) is 52.9 Å². The van der Waals surface area contributed by atoms with Crippen molar-refractivity contribution in [1.82, 2.24) is 14.9 Å². The molecular formula is C18H25N3O4S. The van der Waals surface area contributed by atoms with Crippen LogP contribution >= 0.6 is 11.3 Å². The van der Waals surface area contributed by atoms with Crippen LogP contribution in [0.15, 0.2) is 4.79 Å². The predicted octanol–water partition coefficient (Wildman–Crippen LogP) is 2.64. The molecule has 142 valence electrons. The summed E-state index contributed by atoms with van der Waals surface area (Å²) in [6.45, 7) is 11.5. The molecule has 1 aliphatic rings. The molecule has 0 radical (unpaired) electrons. The highest BCUT2D eigenvalue weighted by Crippen LogP contribution is 2.29. The molecule has 1 aliphatic heterocycles. The van der Waals surface area contributed by atoms with Crippen molar-refractivity contribution in [3.63, 3.8) is 0 Å². The van der Waals surface area contributed by atoms with Gasteiger partial charge in [0.2, 0.25) is 0 Å². The number of aromatic amines is 1. The molecule has 1 fully saturated rings. The van der Waals surface area contributed by atoms with Gasteiger partial charge in [0.25, 0.3) is 5.56 Å². The van der Waals surface area contributed by atoms with E-state index in [1.165, 1.54) is 11.3 Å². The Balaban J connectivity index is 1.98. The van der Waals surface area contributed by atoms with Gasteiger partial charge in [0.15, 0.2) is 0 Å². The van der Waals surface area contributed by atoms with Crippen molar-refractivity contribution in [1.29, 1.82) is 0 Å². The number of fused-ring (bicyclic) bond motifs is 1. The van der Waals surface area contributed by atoms with E-state index in [0.717, 1.165) is 13.1 Å². The van der Waals surface area contributed by atoms with Gasteiger partial charge in [-0.2, -0.15) is 0 Å². The van der Waals surface area contributed by atoms with E-state index in [2.05, 4.69) is 14.9 Å². The number of carbonyl (C=O) groups excluding carboxylic acids is 1. The van der Waals surface area contributed by atoms with Gasteiger partial charge in [0, 0.05) is 13.1 Å². The second kappa shape index (κ2) is 7.46. The monoisotopic (exact) mass is 379 g/mol. The molecule has 0 spiro atoms. The quantitative estimate of drug-likeness (QED) is 0.822. The van der Waals surface area contributed by atoms with E-state index >= 15 is 0 Å². The summed E-state index contributed by atoms with van der Waals surface area (Å²) in [5.74, 6) is 0.207. The van der Waals surface area contributed by atoms with Crippen LogP contribution in [0.2, 0.25) is 0 Å². The number of hydrogen-bond donors (Lipinski definition) is 1. The summed E-state index contributed by atoms with van der Waals surface area (Å²) in [6, 6.07) is -0.0469. The fourth-order valence-electron chi connectivity index (χ4n) is 3.46. The van der Waals surface area contributed by atoms with Gasteiger partial charge in [-0.15, -0.1) is 11.3 Å². The third kappa shape index (κ3) is 3.54. The van der Waals surface area contributed by atoms with Crippen molar-refractivity contribution in [2.75, 3.05) is 19.7 Å². The Morgan fingerprint density at radius 2 is 2.08 bits per heavy atom. The molecule has 1 saturated heterocycles. The molecule has 8 heteroatoms. The molecule has 1 N–H and O–H groups in total. The van der Waals surface area contributed by atoms with Gasteiger partial charge in [-0.05, 0) is 40.2 Å². The molecule has 2 aromatic rings. The van der Waals surface area contributed by atoms with E-state index in [4.69, 9.17) is 9.47 Å². The number of nitrogens with one attached hydrogen (secondary N) is 1. The molecule has 7 nitrogen and oxygen atoms in total. The van der Waals surface area contributed by atoms with Crippen molar-refractivity contribution in [3.8, 4) is 0 Å². The van der Waals surface area contributed by atoms with Crippen LogP contribution in [0.5, 0.6) is 0 Å². The van der Waals surface area contributed by atoms with Crippen LogP contribution in [0.4, 0.5) is 0 Å². The summed E-state index contributed by atoms with van der Waals surface area (Å²) in [4.78, 5) is 35.6. The van der Waals surface area contributed by atoms with Gasteiger partial charge >= 0.3 is 5.97 Å². The number of aryl methyl sites for hydroxylation is 1. The lowest BCUT2D eigenvalue weighted by Crippen LogP contribution is -2.46. The Labute approximate surface area is 156 Å². The summed E-state index contributed by atoms with van der Waals surface area (Å²) >= 11 is 1.22. The summed E-state index contributed by atoms with van der Waals surface area (Å²) in [5.41, 5.74) is 0.417. The predicted molar refractivity (Wildman–Crippen MR) is 101 cm³/mol. The van der Waals surface area contributed by atoms with Gasteiger partial charge in [-0.3, -0.25) is 9.69 Å². The fourth-order valence-corrected chi connectivity index (χ4v) is 4.54. The number of esters is 1. The standard InChI is InChI=1S/C18H25N3O4S/c1-6-24-18(23)14-11(4)13-16(22)19-15(20-17(13)26-14)12(5)21-7-9(2)25-10(3)8-21/h9-10,12H,6-8H2,1-5H3,(H,19,20,22)/t9-,10+,12-/m1/s1. The number of carbonyl (C=O) groups is 1. The number of rotatable bonds is 4. The molecule has 0 aromatic carbocycles. The first-order valence-electron chi connectivity index (χ1n) is 8.91. The molecule has 0 bridgehead atoms. The maximum Gasteiger partial charge on any atom is 0.348 e. The van der Waals surface area contributed by atoms with Gasteiger partial charge in [-0.25, -0.2) is 9.78 Å². The molecule has 0 aliphatic carbocycles. The summed E-state index contributed by atoms with van der Waals surface area (Å²) in [5, 5.41) is 0.470. The lowest BCUT2D eigenvalue weighted by Gasteiger charge is -2.38. The highest BCUT2D eigenvalue weighted by atomic mass is 32.1. The van der Waals surface area contributed by atoms with Crippen LogP contribution in [0, 0.1) is 6.92 Å². The van der Waals surface area contributed by atoms with Crippen LogP contribution in [-0.4, -0.2) is 52.7 Å². The zero-order valence-electron chi connectivity index (χ0n) is 15.8. The number of morpholine rings is 1. The van der Waals surface area contributed by atoms with E-state index in [0.29, 0.717) is 33.1 Å². The Morgan fingerprint density at radius 3 is 2.69 bits per heavy atom. The molecule has 0 unspecified atom stereocenters. The Morgan fingerprint density at radius 1 is 1.42 bits per heavy atom. The van der Waals surface area contributed by atoms with E-state index < -0.39 is 5.97 Å². The van der Waals surface area contributed by atoms with Gasteiger partial charge < -0.3 is 14.5 Å². The van der Waals surface area contributed by atoms with Crippen molar-refractivity contribution in [3.05, 3.63) is 26.6 Å². The van der Waals surface area contributed by atoms with Crippen molar-refractivity contribution < 1.29 is 14.3 Å². The third-order valence-corrected chi connectivity index (χ3v) is 5.84. The topological polar surface area (TPSA) is 84.5 Å². The van der Waals surface area contributed by atoms with Gasteiger partial charge in [0.05, 0.1) is 30.2 Å². The van der Waals surface area contributed by atoms with Crippen LogP contribution in [0.3, 0.4) is 0 Å². The number of hydrogen-bond acceptors (Lipinski definition) is 7. The molecule has 26 heavy (non-hydrogen) atoms. The van der Waals surface area contributed by atoms with E-state index in [1.54, 1.807) is 13.8 Å². The third-order valence-electron chi connectivity index (χ3n) is 4.67. The number of aromatic nitrogens is 2. The van der Waals surface area contributed by atoms with Crippen LogP contribution < -0.4 is 5.56 Å². The first kappa shape index (κ1) is 19.0. The average molecular weight is 379 g/mol. The SMILES string of the molecule is CCOC(=O)c1sc2nc([C@@H](C)N3C[C@@H](C)O[C@@H](C)C3)[nH]c(=O)c2c1C. The zero-order valence-corrected chi connectivity index (χ0v) is 16.6. The lowest BCUT2D eigenvalue weighted by molar-refractivity contribution is -0.0797. The zero-order chi connectivity index (χ0) is 19.0. The smallest absolute Gasteiger partial charge is 0.348 e. The van der Waals surface area contributed by atoms with Crippen LogP contribution in [-0.2, 0) is 9.47 Å². The van der Waals surface area contributed by atoms with Crippen LogP contribution in [0.25, 0.3) is 10.2 Å². The Bertz CT molecular complexity index is 865. The number of nitrogens with zero attached hydrogens (tertiary/aromatic N) is 2. The molecule has 3 heterocycles. The van der Waals surface area contributed by atoms with Gasteiger partial charge in [0.1, 0.15) is 15.5 Å². The summed E-state index contributed by atoms with van der Waals surface area (Å²) < 4.78 is 10.9. The normalized spacial score (nSPS) is 22.5. The first-order chi connectivity index (χ1) is 12.3. The molecule has 0 saturated carbocycles. The van der Waals surface area contributed by atoms with E-state index in [-0.39, 0.29) is 23.8 Å². The molecular weight excluding hydrogens is 354 g/mol. The number of H-pyrrole nitrogens is 1. The van der Waals surface area contributed by atoms with Crippen molar-refractivity contribution >= 4 is 27.5 Å². The summed E-state index contributed by atoms with van der Waals surface area (Å²) in [7, 11) is 0. The number of ether oxygens (including phenoxy) is 2. The number of thiophene rings is 1.